The van der Waals surface area contributed by atoms with Gasteiger partial charge in [-0.3, -0.25) is 4.79 Å². The fourth-order valence-electron chi connectivity index (χ4n) is 3.27. The Morgan fingerprint density at radius 2 is 1.69 bits per heavy atom. The molecule has 0 aromatic heterocycles. The molecule has 0 saturated heterocycles. The lowest BCUT2D eigenvalue weighted by Crippen LogP contribution is -2.34. The van der Waals surface area contributed by atoms with Gasteiger partial charge in [-0.25, -0.2) is 17.2 Å². The van der Waals surface area contributed by atoms with Crippen LogP contribution in [0.15, 0.2) is 47.4 Å². The Hall–Kier alpha value is -2.32. The molecule has 0 heterocycles. The van der Waals surface area contributed by atoms with Crippen LogP contribution in [0.2, 0.25) is 0 Å². The van der Waals surface area contributed by atoms with Crippen LogP contribution in [-0.4, -0.2) is 42.7 Å². The van der Waals surface area contributed by atoms with E-state index in [0.29, 0.717) is 5.56 Å². The zero-order valence-corrected chi connectivity index (χ0v) is 17.3. The van der Waals surface area contributed by atoms with Crippen LogP contribution in [0.1, 0.15) is 42.6 Å². The summed E-state index contributed by atoms with van der Waals surface area (Å²) >= 11 is 0. The van der Waals surface area contributed by atoms with Gasteiger partial charge in [0.05, 0.1) is 0 Å². The zero-order chi connectivity index (χ0) is 21.2. The number of benzene rings is 2. The minimum Gasteiger partial charge on any atom is -0.331 e. The van der Waals surface area contributed by atoms with Crippen molar-refractivity contribution in [1.82, 2.24) is 9.21 Å². The van der Waals surface area contributed by atoms with E-state index in [1.807, 2.05) is 0 Å². The largest absolute Gasteiger partial charge is 0.331 e. The molecular formula is C21H24F2N2O3S. The van der Waals surface area contributed by atoms with E-state index in [1.54, 1.807) is 32.0 Å². The van der Waals surface area contributed by atoms with E-state index in [2.05, 4.69) is 0 Å². The van der Waals surface area contributed by atoms with Crippen LogP contribution in [0.5, 0.6) is 0 Å². The molecule has 5 nitrogen and oxygen atoms in total. The zero-order valence-electron chi connectivity index (χ0n) is 16.4. The molecule has 0 radical (unpaired) electrons. The van der Waals surface area contributed by atoms with Gasteiger partial charge in [-0.1, -0.05) is 32.0 Å². The minimum absolute atomic E-state index is 0.0324. The number of amides is 1. The van der Waals surface area contributed by atoms with Crippen molar-refractivity contribution in [2.45, 2.75) is 44.2 Å². The van der Waals surface area contributed by atoms with Gasteiger partial charge in [0, 0.05) is 36.8 Å². The van der Waals surface area contributed by atoms with E-state index in [9.17, 15) is 22.0 Å². The molecule has 0 unspecified atom stereocenters. The van der Waals surface area contributed by atoms with Crippen LogP contribution in [-0.2, 0) is 16.6 Å². The van der Waals surface area contributed by atoms with Gasteiger partial charge in [0.15, 0.2) is 0 Å². The van der Waals surface area contributed by atoms with Crippen molar-refractivity contribution in [3.63, 3.8) is 0 Å². The number of hydrogen-bond acceptors (Lipinski definition) is 3. The molecule has 0 aliphatic heterocycles. The molecule has 0 spiro atoms. The first-order valence-corrected chi connectivity index (χ1v) is 11.1. The Morgan fingerprint density at radius 3 is 2.28 bits per heavy atom. The molecule has 29 heavy (non-hydrogen) atoms. The molecule has 2 aromatic carbocycles. The van der Waals surface area contributed by atoms with Crippen molar-refractivity contribution in [1.29, 1.82) is 0 Å². The van der Waals surface area contributed by atoms with Crippen LogP contribution < -0.4 is 0 Å². The maximum atomic E-state index is 14.4. The second-order valence-electron chi connectivity index (χ2n) is 6.99. The molecule has 1 amide bonds. The quantitative estimate of drug-likeness (QED) is 0.650. The third-order valence-corrected chi connectivity index (χ3v) is 7.11. The molecule has 0 N–H and O–H groups in total. The predicted molar refractivity (Wildman–Crippen MR) is 106 cm³/mol. The van der Waals surface area contributed by atoms with E-state index in [1.165, 1.54) is 17.0 Å². The average molecular weight is 422 g/mol. The molecule has 1 aliphatic rings. The number of rotatable bonds is 8. The summed E-state index contributed by atoms with van der Waals surface area (Å²) in [5.41, 5.74) is 0.450. The summed E-state index contributed by atoms with van der Waals surface area (Å²) in [7, 11) is -4.06. The van der Waals surface area contributed by atoms with Gasteiger partial charge in [-0.2, -0.15) is 4.31 Å². The fraction of sp³-hybridized carbons (Fsp3) is 0.381. The summed E-state index contributed by atoms with van der Waals surface area (Å²) in [5, 5.41) is 0. The van der Waals surface area contributed by atoms with Crippen molar-refractivity contribution in [2.75, 3.05) is 13.1 Å². The van der Waals surface area contributed by atoms with Crippen LogP contribution >= 0.6 is 0 Å². The first kappa shape index (κ1) is 21.4. The Bertz CT molecular complexity index is 1000. The van der Waals surface area contributed by atoms with E-state index in [4.69, 9.17) is 0 Å². The van der Waals surface area contributed by atoms with Gasteiger partial charge >= 0.3 is 0 Å². The number of halogens is 2. The summed E-state index contributed by atoms with van der Waals surface area (Å²) in [5.74, 6) is -1.75. The van der Waals surface area contributed by atoms with Gasteiger partial charge < -0.3 is 4.90 Å². The van der Waals surface area contributed by atoms with E-state index >= 15 is 0 Å². The van der Waals surface area contributed by atoms with Crippen molar-refractivity contribution >= 4 is 15.9 Å². The lowest BCUT2D eigenvalue weighted by Gasteiger charge is -2.24. The molecule has 1 aliphatic carbocycles. The van der Waals surface area contributed by atoms with Crippen LogP contribution in [0.3, 0.4) is 0 Å². The number of carbonyl (C=O) groups excluding carboxylic acids is 1. The third kappa shape index (κ3) is 4.48. The fourth-order valence-corrected chi connectivity index (χ4v) is 4.81. The average Bonchev–Trinajstić information content (AvgIpc) is 3.53. The van der Waals surface area contributed by atoms with Crippen molar-refractivity contribution in [3.05, 3.63) is 65.2 Å². The molecule has 1 saturated carbocycles. The Labute approximate surface area is 170 Å². The van der Waals surface area contributed by atoms with Gasteiger partial charge in [-0.15, -0.1) is 0 Å². The molecule has 1 fully saturated rings. The first-order chi connectivity index (χ1) is 13.8. The van der Waals surface area contributed by atoms with E-state index in [0.717, 1.165) is 29.3 Å². The summed E-state index contributed by atoms with van der Waals surface area (Å²) in [4.78, 5) is 14.1. The molecule has 8 heteroatoms. The molecule has 3 rings (SSSR count). The second kappa shape index (κ2) is 8.59. The maximum absolute atomic E-state index is 14.4. The normalized spacial score (nSPS) is 14.2. The van der Waals surface area contributed by atoms with Crippen molar-refractivity contribution in [3.8, 4) is 0 Å². The maximum Gasteiger partial charge on any atom is 0.254 e. The third-order valence-electron chi connectivity index (χ3n) is 5.05. The highest BCUT2D eigenvalue weighted by atomic mass is 32.2. The Balaban J connectivity index is 1.95. The summed E-state index contributed by atoms with van der Waals surface area (Å²) in [6.07, 6.45) is 1.60. The monoisotopic (exact) mass is 422 g/mol. The van der Waals surface area contributed by atoms with Crippen molar-refractivity contribution in [2.24, 2.45) is 0 Å². The molecular weight excluding hydrogens is 398 g/mol. The van der Waals surface area contributed by atoms with E-state index in [-0.39, 0.29) is 31.2 Å². The minimum atomic E-state index is -4.06. The topological polar surface area (TPSA) is 57.7 Å². The molecule has 0 atom stereocenters. The van der Waals surface area contributed by atoms with Crippen LogP contribution in [0.4, 0.5) is 8.78 Å². The smallest absolute Gasteiger partial charge is 0.254 e. The lowest BCUT2D eigenvalue weighted by atomic mass is 10.1. The second-order valence-corrected chi connectivity index (χ2v) is 8.90. The highest BCUT2D eigenvalue weighted by Crippen LogP contribution is 2.31. The first-order valence-electron chi connectivity index (χ1n) is 9.63. The van der Waals surface area contributed by atoms with Crippen LogP contribution in [0.25, 0.3) is 0 Å². The van der Waals surface area contributed by atoms with Gasteiger partial charge in [0.2, 0.25) is 10.0 Å². The van der Waals surface area contributed by atoms with Gasteiger partial charge in [-0.05, 0) is 37.1 Å². The summed E-state index contributed by atoms with van der Waals surface area (Å²) < 4.78 is 55.1. The lowest BCUT2D eigenvalue weighted by molar-refractivity contribution is 0.0728. The molecule has 0 bridgehead atoms. The number of nitrogens with zero attached hydrogens (tertiary/aromatic N) is 2. The Kier molecular flexibility index (Phi) is 6.33. The number of carbonyl (C=O) groups is 1. The highest BCUT2D eigenvalue weighted by Gasteiger charge is 2.34. The van der Waals surface area contributed by atoms with Crippen molar-refractivity contribution < 1.29 is 22.0 Å². The van der Waals surface area contributed by atoms with Gasteiger partial charge in [0.1, 0.15) is 16.5 Å². The SMILES string of the molecule is CCN(CC)S(=O)(=O)c1cc(C(=O)N(Cc2ccccc2F)C2CC2)ccc1F. The van der Waals surface area contributed by atoms with Gasteiger partial charge in [0.25, 0.3) is 5.91 Å². The predicted octanol–water partition coefficient (Wildman–Crippen LogP) is 3.80. The molecule has 2 aromatic rings. The summed E-state index contributed by atoms with van der Waals surface area (Å²) in [6.45, 7) is 3.79. The van der Waals surface area contributed by atoms with Crippen LogP contribution in [0, 0.1) is 11.6 Å². The number of sulfonamides is 1. The Morgan fingerprint density at radius 1 is 1.03 bits per heavy atom. The summed E-state index contributed by atoms with van der Waals surface area (Å²) in [6, 6.07) is 9.54. The molecule has 156 valence electrons. The highest BCUT2D eigenvalue weighted by molar-refractivity contribution is 7.89. The van der Waals surface area contributed by atoms with E-state index < -0.39 is 32.5 Å². The standard InChI is InChI=1S/C21H24F2N2O3S/c1-3-24(4-2)29(27,28)20-13-15(9-12-19(20)23)21(26)25(17-10-11-17)14-16-7-5-6-8-18(16)22/h5-9,12-13,17H,3-4,10-11,14H2,1-2H3. The number of hydrogen-bond donors (Lipinski definition) is 0.